The highest BCUT2D eigenvalue weighted by molar-refractivity contribution is 5.45. The van der Waals surface area contributed by atoms with Crippen LogP contribution in [-0.2, 0) is 6.42 Å². The predicted molar refractivity (Wildman–Crippen MR) is 52.0 cm³/mol. The van der Waals surface area contributed by atoms with Crippen LogP contribution < -0.4 is 4.74 Å². The van der Waals surface area contributed by atoms with Crippen molar-refractivity contribution in [1.29, 1.82) is 0 Å². The Morgan fingerprint density at radius 3 is 2.13 bits per heavy atom. The highest BCUT2D eigenvalue weighted by Crippen LogP contribution is 2.32. The number of rotatable bonds is 2. The third-order valence-electron chi connectivity index (χ3n) is 2.26. The van der Waals surface area contributed by atoms with E-state index < -0.39 is 6.36 Å². The van der Waals surface area contributed by atoms with Gasteiger partial charge in [0.15, 0.2) is 0 Å². The summed E-state index contributed by atoms with van der Waals surface area (Å²) in [6, 6.07) is 3.44. The van der Waals surface area contributed by atoms with Crippen molar-refractivity contribution in [2.45, 2.75) is 33.6 Å². The number of hydrogen-bond acceptors (Lipinski definition) is 1. The molecule has 0 N–H and O–H groups in total. The van der Waals surface area contributed by atoms with E-state index in [1.54, 1.807) is 26.0 Å². The molecule has 0 aliphatic heterocycles. The quantitative estimate of drug-likeness (QED) is 0.734. The minimum absolute atomic E-state index is 0.0509. The zero-order valence-corrected chi connectivity index (χ0v) is 8.90. The first-order chi connectivity index (χ1) is 6.85. The lowest BCUT2D eigenvalue weighted by atomic mass is 10.0. The predicted octanol–water partition coefficient (Wildman–Crippen LogP) is 3.76. The molecule has 15 heavy (non-hydrogen) atoms. The molecule has 0 heterocycles. The fourth-order valence-electron chi connectivity index (χ4n) is 1.54. The Morgan fingerprint density at radius 1 is 1.13 bits per heavy atom. The lowest BCUT2D eigenvalue weighted by Crippen LogP contribution is -2.19. The van der Waals surface area contributed by atoms with Crippen molar-refractivity contribution in [2.24, 2.45) is 0 Å². The second-order valence-electron chi connectivity index (χ2n) is 3.41. The minimum atomic E-state index is -4.62. The first-order valence-corrected chi connectivity index (χ1v) is 4.70. The molecule has 0 spiro atoms. The number of ether oxygens (including phenoxy) is 1. The third kappa shape index (κ3) is 2.88. The van der Waals surface area contributed by atoms with Crippen LogP contribution in [0.3, 0.4) is 0 Å². The first-order valence-electron chi connectivity index (χ1n) is 4.70. The van der Waals surface area contributed by atoms with Gasteiger partial charge in [0.05, 0.1) is 0 Å². The van der Waals surface area contributed by atoms with Crippen LogP contribution in [0.4, 0.5) is 13.2 Å². The maximum absolute atomic E-state index is 12.1. The van der Waals surface area contributed by atoms with Gasteiger partial charge in [-0.1, -0.05) is 19.1 Å². The Hall–Kier alpha value is -1.19. The van der Waals surface area contributed by atoms with Gasteiger partial charge in [0.2, 0.25) is 0 Å². The van der Waals surface area contributed by atoms with Crippen LogP contribution >= 0.6 is 0 Å². The molecular formula is C11H13F3O. The van der Waals surface area contributed by atoms with Crippen LogP contribution in [0.15, 0.2) is 12.1 Å². The molecule has 0 bridgehead atoms. The summed E-state index contributed by atoms with van der Waals surface area (Å²) in [5, 5.41) is 0. The normalized spacial score (nSPS) is 11.6. The van der Waals surface area contributed by atoms with Crippen molar-refractivity contribution in [2.75, 3.05) is 0 Å². The van der Waals surface area contributed by atoms with Crippen molar-refractivity contribution >= 4 is 0 Å². The average molecular weight is 218 g/mol. The summed E-state index contributed by atoms with van der Waals surface area (Å²) >= 11 is 0. The van der Waals surface area contributed by atoms with Crippen molar-refractivity contribution < 1.29 is 17.9 Å². The van der Waals surface area contributed by atoms with Crippen LogP contribution in [0.2, 0.25) is 0 Å². The van der Waals surface area contributed by atoms with E-state index in [4.69, 9.17) is 0 Å². The molecule has 0 saturated carbocycles. The molecule has 4 heteroatoms. The summed E-state index contributed by atoms with van der Waals surface area (Å²) in [6.07, 6.45) is -4.10. The monoisotopic (exact) mass is 218 g/mol. The molecule has 0 amide bonds. The maximum atomic E-state index is 12.1. The summed E-state index contributed by atoms with van der Waals surface area (Å²) in [7, 11) is 0. The number of alkyl halides is 3. The van der Waals surface area contributed by atoms with E-state index in [0.717, 1.165) is 5.56 Å². The van der Waals surface area contributed by atoms with Gasteiger partial charge in [-0.2, -0.15) is 0 Å². The summed E-state index contributed by atoms with van der Waals surface area (Å²) in [5.74, 6) is -0.0509. The van der Waals surface area contributed by atoms with E-state index in [1.165, 1.54) is 0 Å². The highest BCUT2D eigenvalue weighted by Gasteiger charge is 2.32. The van der Waals surface area contributed by atoms with Gasteiger partial charge in [0.25, 0.3) is 0 Å². The van der Waals surface area contributed by atoms with Crippen LogP contribution in [0.1, 0.15) is 23.6 Å². The molecule has 1 aromatic rings. The largest absolute Gasteiger partial charge is 0.573 e. The lowest BCUT2D eigenvalue weighted by molar-refractivity contribution is -0.275. The lowest BCUT2D eigenvalue weighted by Gasteiger charge is -2.16. The van der Waals surface area contributed by atoms with Crippen LogP contribution in [0, 0.1) is 13.8 Å². The molecule has 0 aromatic heterocycles. The van der Waals surface area contributed by atoms with E-state index in [2.05, 4.69) is 4.74 Å². The maximum Gasteiger partial charge on any atom is 0.573 e. The first kappa shape index (κ1) is 11.9. The fourth-order valence-corrected chi connectivity index (χ4v) is 1.54. The topological polar surface area (TPSA) is 9.23 Å². The van der Waals surface area contributed by atoms with Crippen molar-refractivity contribution in [3.8, 4) is 5.75 Å². The van der Waals surface area contributed by atoms with E-state index in [9.17, 15) is 13.2 Å². The van der Waals surface area contributed by atoms with Gasteiger partial charge in [0, 0.05) is 0 Å². The smallest absolute Gasteiger partial charge is 0.405 e. The van der Waals surface area contributed by atoms with Gasteiger partial charge in [-0.15, -0.1) is 13.2 Å². The average Bonchev–Trinajstić information content (AvgIpc) is 2.10. The second-order valence-corrected chi connectivity index (χ2v) is 3.41. The van der Waals surface area contributed by atoms with Crippen molar-refractivity contribution in [1.82, 2.24) is 0 Å². The number of aryl methyl sites for hydroxylation is 2. The van der Waals surface area contributed by atoms with Crippen molar-refractivity contribution in [3.63, 3.8) is 0 Å². The fraction of sp³-hybridized carbons (Fsp3) is 0.455. The van der Waals surface area contributed by atoms with E-state index in [1.807, 2.05) is 6.92 Å². The summed E-state index contributed by atoms with van der Waals surface area (Å²) in [5.41, 5.74) is 1.95. The van der Waals surface area contributed by atoms with E-state index >= 15 is 0 Å². The van der Waals surface area contributed by atoms with Gasteiger partial charge in [-0.25, -0.2) is 0 Å². The SMILES string of the molecule is CCc1c(C)ccc(C)c1OC(F)(F)F. The number of benzene rings is 1. The van der Waals surface area contributed by atoms with Gasteiger partial charge >= 0.3 is 6.36 Å². The molecule has 0 aliphatic carbocycles. The molecule has 0 unspecified atom stereocenters. The van der Waals surface area contributed by atoms with Gasteiger partial charge in [-0.05, 0) is 37.0 Å². The highest BCUT2D eigenvalue weighted by atomic mass is 19.4. The molecule has 1 nitrogen and oxygen atoms in total. The van der Waals surface area contributed by atoms with Crippen LogP contribution in [0.5, 0.6) is 5.75 Å². The molecular weight excluding hydrogens is 205 g/mol. The van der Waals surface area contributed by atoms with Gasteiger partial charge in [0.1, 0.15) is 5.75 Å². The van der Waals surface area contributed by atoms with Crippen molar-refractivity contribution in [3.05, 3.63) is 28.8 Å². The van der Waals surface area contributed by atoms with Gasteiger partial charge < -0.3 is 4.74 Å². The Kier molecular flexibility index (Phi) is 3.27. The Morgan fingerprint density at radius 2 is 1.67 bits per heavy atom. The molecule has 1 aromatic carbocycles. The standard InChI is InChI=1S/C11H13F3O/c1-4-9-7(2)5-6-8(3)10(9)15-11(12,13)14/h5-6H,4H2,1-3H3. The molecule has 0 fully saturated rings. The summed E-state index contributed by atoms with van der Waals surface area (Å²) in [4.78, 5) is 0. The number of halogens is 3. The zero-order chi connectivity index (χ0) is 11.6. The van der Waals surface area contributed by atoms with Crippen LogP contribution in [0.25, 0.3) is 0 Å². The molecule has 1 rings (SSSR count). The van der Waals surface area contributed by atoms with Crippen LogP contribution in [-0.4, -0.2) is 6.36 Å². The minimum Gasteiger partial charge on any atom is -0.405 e. The Labute approximate surface area is 86.9 Å². The zero-order valence-electron chi connectivity index (χ0n) is 8.90. The molecule has 0 aliphatic rings. The van der Waals surface area contributed by atoms with Gasteiger partial charge in [-0.3, -0.25) is 0 Å². The molecule has 0 saturated heterocycles. The molecule has 0 atom stereocenters. The number of hydrogen-bond donors (Lipinski definition) is 0. The molecule has 0 radical (unpaired) electrons. The summed E-state index contributed by atoms with van der Waals surface area (Å²) in [6.45, 7) is 5.20. The Bertz CT molecular complexity index is 356. The second kappa shape index (κ2) is 4.13. The van der Waals surface area contributed by atoms with E-state index in [-0.39, 0.29) is 5.75 Å². The third-order valence-corrected chi connectivity index (χ3v) is 2.26. The Balaban J connectivity index is 3.20. The van der Waals surface area contributed by atoms with E-state index in [0.29, 0.717) is 17.5 Å². The molecule has 84 valence electrons. The summed E-state index contributed by atoms with van der Waals surface area (Å²) < 4.78 is 40.5.